The second kappa shape index (κ2) is 7.44. The first-order chi connectivity index (χ1) is 7.44. The maximum absolute atomic E-state index is 10.9. The molecule has 0 spiro atoms. The van der Waals surface area contributed by atoms with Crippen molar-refractivity contribution in [1.82, 2.24) is 0 Å². The minimum atomic E-state index is -1.01. The molecule has 0 aliphatic carbocycles. The minimum absolute atomic E-state index is 0.390. The zero-order valence-corrected chi connectivity index (χ0v) is 10.7. The van der Waals surface area contributed by atoms with Crippen molar-refractivity contribution in [1.29, 1.82) is 0 Å². The molecule has 0 unspecified atom stereocenters. The Hall–Kier alpha value is -0.830. The monoisotopic (exact) mass is 228 g/mol. The molecule has 94 valence electrons. The van der Waals surface area contributed by atoms with Crippen molar-refractivity contribution in [2.75, 3.05) is 0 Å². The first-order valence-corrected chi connectivity index (χ1v) is 5.96. The topological polar surface area (TPSA) is 46.5 Å². The van der Waals surface area contributed by atoms with Gasteiger partial charge in [0.1, 0.15) is 11.7 Å². The van der Waals surface area contributed by atoms with Gasteiger partial charge in [0.25, 0.3) is 0 Å². The van der Waals surface area contributed by atoms with Crippen LogP contribution in [0.25, 0.3) is 0 Å². The van der Waals surface area contributed by atoms with Crippen LogP contribution in [0.5, 0.6) is 0 Å². The highest BCUT2D eigenvalue weighted by atomic mass is 16.6. The largest absolute Gasteiger partial charge is 0.455 e. The molecular formula is C13H24O3. The molecular weight excluding hydrogens is 204 g/mol. The van der Waals surface area contributed by atoms with Gasteiger partial charge in [-0.2, -0.15) is 0 Å². The maximum Gasteiger partial charge on any atom is 0.303 e. The average molecular weight is 228 g/mol. The van der Waals surface area contributed by atoms with Crippen molar-refractivity contribution in [3.05, 3.63) is 12.7 Å². The summed E-state index contributed by atoms with van der Waals surface area (Å²) in [6.07, 6.45) is 5.85. The first-order valence-electron chi connectivity index (χ1n) is 5.96. The molecule has 0 aliphatic rings. The van der Waals surface area contributed by atoms with Crippen molar-refractivity contribution in [2.24, 2.45) is 0 Å². The SMILES string of the molecule is C=C[C@H](OC(C)=O)[C@](C)(O)CCCCCC. The summed E-state index contributed by atoms with van der Waals surface area (Å²) in [5.41, 5.74) is -1.01. The summed E-state index contributed by atoms with van der Waals surface area (Å²) in [5, 5.41) is 10.2. The standard InChI is InChI=1S/C13H24O3/c1-5-7-8-9-10-13(4,15)12(6-2)16-11(3)14/h6,12,15H,2,5,7-10H2,1,3-4H3/t12-,13+/m0/s1. The van der Waals surface area contributed by atoms with Gasteiger partial charge in [0, 0.05) is 6.92 Å². The number of rotatable bonds is 8. The van der Waals surface area contributed by atoms with E-state index in [0.29, 0.717) is 6.42 Å². The maximum atomic E-state index is 10.9. The van der Waals surface area contributed by atoms with Crippen LogP contribution in [0.15, 0.2) is 12.7 Å². The fourth-order valence-electron chi connectivity index (χ4n) is 1.66. The Bertz CT molecular complexity index is 221. The smallest absolute Gasteiger partial charge is 0.303 e. The van der Waals surface area contributed by atoms with Crippen LogP contribution in [-0.4, -0.2) is 22.8 Å². The lowest BCUT2D eigenvalue weighted by Crippen LogP contribution is -2.40. The fraction of sp³-hybridized carbons (Fsp3) is 0.769. The first kappa shape index (κ1) is 15.2. The van der Waals surface area contributed by atoms with Crippen LogP contribution in [0.2, 0.25) is 0 Å². The molecule has 16 heavy (non-hydrogen) atoms. The van der Waals surface area contributed by atoms with E-state index in [0.717, 1.165) is 19.3 Å². The predicted molar refractivity (Wildman–Crippen MR) is 65.1 cm³/mol. The molecule has 3 heteroatoms. The Labute approximate surface area is 98.5 Å². The van der Waals surface area contributed by atoms with E-state index in [-0.39, 0.29) is 0 Å². The Kier molecular flexibility index (Phi) is 7.06. The normalized spacial score (nSPS) is 16.2. The molecule has 0 saturated carbocycles. The average Bonchev–Trinajstić information content (AvgIpc) is 2.20. The van der Waals surface area contributed by atoms with Gasteiger partial charge in [-0.3, -0.25) is 4.79 Å². The molecule has 3 nitrogen and oxygen atoms in total. The lowest BCUT2D eigenvalue weighted by Gasteiger charge is -2.30. The third-order valence-electron chi connectivity index (χ3n) is 2.66. The summed E-state index contributed by atoms with van der Waals surface area (Å²) in [7, 11) is 0. The molecule has 0 aromatic heterocycles. The second-order valence-electron chi connectivity index (χ2n) is 4.43. The number of carbonyl (C=O) groups is 1. The van der Waals surface area contributed by atoms with Gasteiger partial charge in [0.05, 0.1) is 0 Å². The van der Waals surface area contributed by atoms with Gasteiger partial charge in [0.15, 0.2) is 0 Å². The number of esters is 1. The summed E-state index contributed by atoms with van der Waals surface area (Å²) < 4.78 is 5.01. The Morgan fingerprint density at radius 2 is 2.12 bits per heavy atom. The number of unbranched alkanes of at least 4 members (excludes halogenated alkanes) is 3. The Balaban J connectivity index is 4.14. The van der Waals surface area contributed by atoms with E-state index >= 15 is 0 Å². The van der Waals surface area contributed by atoms with Gasteiger partial charge >= 0.3 is 5.97 Å². The van der Waals surface area contributed by atoms with Gasteiger partial charge in [-0.25, -0.2) is 0 Å². The molecule has 0 radical (unpaired) electrons. The van der Waals surface area contributed by atoms with E-state index in [9.17, 15) is 9.90 Å². The van der Waals surface area contributed by atoms with Crippen molar-refractivity contribution >= 4 is 5.97 Å². The number of aliphatic hydroxyl groups is 1. The minimum Gasteiger partial charge on any atom is -0.455 e. The molecule has 0 amide bonds. The van der Waals surface area contributed by atoms with E-state index in [2.05, 4.69) is 13.5 Å². The van der Waals surface area contributed by atoms with E-state index in [1.807, 2.05) is 0 Å². The molecule has 0 aromatic rings. The number of hydrogen-bond acceptors (Lipinski definition) is 3. The third kappa shape index (κ3) is 5.91. The summed E-state index contributed by atoms with van der Waals surface area (Å²) in [6, 6.07) is 0. The van der Waals surface area contributed by atoms with Crippen LogP contribution < -0.4 is 0 Å². The molecule has 1 N–H and O–H groups in total. The van der Waals surface area contributed by atoms with Crippen LogP contribution >= 0.6 is 0 Å². The fourth-order valence-corrected chi connectivity index (χ4v) is 1.66. The second-order valence-corrected chi connectivity index (χ2v) is 4.43. The molecule has 0 bridgehead atoms. The molecule has 0 rings (SSSR count). The zero-order chi connectivity index (χ0) is 12.6. The van der Waals surface area contributed by atoms with Crippen LogP contribution in [0.3, 0.4) is 0 Å². The summed E-state index contributed by atoms with van der Waals surface area (Å²) in [4.78, 5) is 10.9. The van der Waals surface area contributed by atoms with Gasteiger partial charge in [-0.15, -0.1) is 0 Å². The molecule has 0 aliphatic heterocycles. The number of carbonyl (C=O) groups excluding carboxylic acids is 1. The van der Waals surface area contributed by atoms with E-state index in [1.54, 1.807) is 6.92 Å². The molecule has 0 saturated heterocycles. The Morgan fingerprint density at radius 3 is 2.56 bits per heavy atom. The van der Waals surface area contributed by atoms with Crippen LogP contribution in [0.1, 0.15) is 52.9 Å². The highest BCUT2D eigenvalue weighted by Crippen LogP contribution is 2.22. The lowest BCUT2D eigenvalue weighted by molar-refractivity contribution is -0.156. The Morgan fingerprint density at radius 1 is 1.50 bits per heavy atom. The summed E-state index contributed by atoms with van der Waals surface area (Å²) in [5.74, 6) is -0.390. The predicted octanol–water partition coefficient (Wildman–Crippen LogP) is 2.83. The molecule has 0 heterocycles. The summed E-state index contributed by atoms with van der Waals surface area (Å²) >= 11 is 0. The van der Waals surface area contributed by atoms with Crippen LogP contribution in [-0.2, 0) is 9.53 Å². The van der Waals surface area contributed by atoms with Crippen LogP contribution in [0.4, 0.5) is 0 Å². The molecule has 0 fully saturated rings. The van der Waals surface area contributed by atoms with Gasteiger partial charge in [-0.05, 0) is 19.4 Å². The highest BCUT2D eigenvalue weighted by molar-refractivity contribution is 5.66. The van der Waals surface area contributed by atoms with E-state index in [4.69, 9.17) is 4.74 Å². The zero-order valence-electron chi connectivity index (χ0n) is 10.7. The van der Waals surface area contributed by atoms with Crippen LogP contribution in [0, 0.1) is 0 Å². The van der Waals surface area contributed by atoms with Crippen molar-refractivity contribution < 1.29 is 14.6 Å². The number of hydrogen-bond donors (Lipinski definition) is 1. The van der Waals surface area contributed by atoms with E-state index < -0.39 is 17.7 Å². The van der Waals surface area contributed by atoms with Crippen molar-refractivity contribution in [3.63, 3.8) is 0 Å². The molecule has 2 atom stereocenters. The van der Waals surface area contributed by atoms with Gasteiger partial charge in [-0.1, -0.05) is 39.2 Å². The van der Waals surface area contributed by atoms with Crippen molar-refractivity contribution in [3.8, 4) is 0 Å². The summed E-state index contributed by atoms with van der Waals surface area (Å²) in [6.45, 7) is 8.76. The highest BCUT2D eigenvalue weighted by Gasteiger charge is 2.31. The van der Waals surface area contributed by atoms with Gasteiger partial charge in [0.2, 0.25) is 0 Å². The van der Waals surface area contributed by atoms with Gasteiger partial charge < -0.3 is 9.84 Å². The molecule has 0 aromatic carbocycles. The van der Waals surface area contributed by atoms with Crippen molar-refractivity contribution in [2.45, 2.75) is 64.6 Å². The van der Waals surface area contributed by atoms with E-state index in [1.165, 1.54) is 19.4 Å². The third-order valence-corrected chi connectivity index (χ3v) is 2.66. The lowest BCUT2D eigenvalue weighted by atomic mass is 9.92. The number of ether oxygens (including phenoxy) is 1. The quantitative estimate of drug-likeness (QED) is 0.395.